The molecular formula is C21H21ClN2O2. The second-order valence-corrected chi connectivity index (χ2v) is 6.50. The molecule has 1 heterocycles. The number of amides is 1. The number of hydrogen-bond donors (Lipinski definition) is 0. The minimum atomic E-state index is -0.127. The van der Waals surface area contributed by atoms with Crippen LogP contribution in [0.3, 0.4) is 0 Å². The van der Waals surface area contributed by atoms with Crippen LogP contribution in [0.15, 0.2) is 59.1 Å². The second-order valence-electron chi connectivity index (χ2n) is 6.09. The van der Waals surface area contributed by atoms with Gasteiger partial charge in [-0.3, -0.25) is 4.79 Å². The molecule has 4 nitrogen and oxygen atoms in total. The highest BCUT2D eigenvalue weighted by Crippen LogP contribution is 2.32. The van der Waals surface area contributed by atoms with Crippen molar-refractivity contribution in [2.75, 3.05) is 11.4 Å². The highest BCUT2D eigenvalue weighted by atomic mass is 35.5. The van der Waals surface area contributed by atoms with Crippen molar-refractivity contribution in [3.05, 3.63) is 70.9 Å². The molecule has 0 saturated heterocycles. The first-order valence-corrected chi connectivity index (χ1v) is 9.09. The van der Waals surface area contributed by atoms with Gasteiger partial charge in [-0.2, -0.15) is 0 Å². The molecule has 0 atom stereocenters. The van der Waals surface area contributed by atoms with Gasteiger partial charge in [0.15, 0.2) is 0 Å². The van der Waals surface area contributed by atoms with E-state index in [0.717, 1.165) is 18.5 Å². The van der Waals surface area contributed by atoms with Crippen molar-refractivity contribution in [3.63, 3.8) is 0 Å². The van der Waals surface area contributed by atoms with Crippen LogP contribution in [0.1, 0.15) is 35.9 Å². The summed E-state index contributed by atoms with van der Waals surface area (Å²) in [5, 5.41) is 4.65. The predicted octanol–water partition coefficient (Wildman–Crippen LogP) is 5.75. The Balaban J connectivity index is 2.05. The van der Waals surface area contributed by atoms with Gasteiger partial charge < -0.3 is 9.42 Å². The third-order valence-electron chi connectivity index (χ3n) is 4.25. The first-order chi connectivity index (χ1) is 12.6. The zero-order valence-corrected chi connectivity index (χ0v) is 15.7. The van der Waals surface area contributed by atoms with Crippen molar-refractivity contribution < 1.29 is 9.32 Å². The number of carbonyl (C=O) groups is 1. The van der Waals surface area contributed by atoms with Gasteiger partial charge in [-0.1, -0.05) is 66.5 Å². The quantitative estimate of drug-likeness (QED) is 0.556. The topological polar surface area (TPSA) is 46.3 Å². The Morgan fingerprint density at radius 3 is 2.50 bits per heavy atom. The number of anilines is 1. The van der Waals surface area contributed by atoms with Gasteiger partial charge in [0.1, 0.15) is 17.0 Å². The Bertz CT molecular complexity index is 890. The fraction of sp³-hybridized carbons (Fsp3) is 0.238. The molecule has 26 heavy (non-hydrogen) atoms. The van der Waals surface area contributed by atoms with Crippen molar-refractivity contribution in [1.29, 1.82) is 0 Å². The lowest BCUT2D eigenvalue weighted by atomic mass is 10.0. The first-order valence-electron chi connectivity index (χ1n) is 8.71. The van der Waals surface area contributed by atoms with E-state index < -0.39 is 0 Å². The first kappa shape index (κ1) is 18.2. The molecule has 0 spiro atoms. The van der Waals surface area contributed by atoms with Crippen LogP contribution in [0, 0.1) is 6.92 Å². The minimum absolute atomic E-state index is 0.127. The smallest absolute Gasteiger partial charge is 0.264 e. The van der Waals surface area contributed by atoms with Crippen LogP contribution in [0.4, 0.5) is 5.69 Å². The third-order valence-corrected chi connectivity index (χ3v) is 4.58. The summed E-state index contributed by atoms with van der Waals surface area (Å²) in [7, 11) is 0. The lowest BCUT2D eigenvalue weighted by Gasteiger charge is -2.23. The number of hydrogen-bond acceptors (Lipinski definition) is 3. The lowest BCUT2D eigenvalue weighted by Crippen LogP contribution is -2.32. The number of para-hydroxylation sites is 1. The van der Waals surface area contributed by atoms with E-state index in [9.17, 15) is 4.79 Å². The van der Waals surface area contributed by atoms with Gasteiger partial charge in [-0.15, -0.1) is 0 Å². The van der Waals surface area contributed by atoms with Crippen LogP contribution in [0.25, 0.3) is 11.3 Å². The summed E-state index contributed by atoms with van der Waals surface area (Å²) in [6, 6.07) is 17.0. The van der Waals surface area contributed by atoms with Crippen LogP contribution >= 0.6 is 11.6 Å². The molecule has 3 rings (SSSR count). The van der Waals surface area contributed by atoms with E-state index >= 15 is 0 Å². The van der Waals surface area contributed by atoms with Gasteiger partial charge in [-0.05, 0) is 31.5 Å². The number of nitrogens with zero attached hydrogens (tertiary/aromatic N) is 2. The van der Waals surface area contributed by atoms with Crippen molar-refractivity contribution in [2.45, 2.75) is 26.7 Å². The van der Waals surface area contributed by atoms with E-state index in [0.29, 0.717) is 34.1 Å². The molecule has 0 unspecified atom stereocenters. The molecular weight excluding hydrogens is 348 g/mol. The van der Waals surface area contributed by atoms with Gasteiger partial charge in [0.05, 0.1) is 5.02 Å². The van der Waals surface area contributed by atoms with Gasteiger partial charge in [0, 0.05) is 17.8 Å². The number of aromatic nitrogens is 1. The number of benzene rings is 2. The molecule has 1 amide bonds. The largest absolute Gasteiger partial charge is 0.360 e. The number of halogens is 1. The van der Waals surface area contributed by atoms with E-state index in [2.05, 4.69) is 12.1 Å². The Hall–Kier alpha value is -2.59. The van der Waals surface area contributed by atoms with Gasteiger partial charge in [0.25, 0.3) is 5.91 Å². The number of aryl methyl sites for hydroxylation is 1. The van der Waals surface area contributed by atoms with Gasteiger partial charge in [-0.25, -0.2) is 0 Å². The van der Waals surface area contributed by atoms with Crippen molar-refractivity contribution in [1.82, 2.24) is 5.16 Å². The predicted molar refractivity (Wildman–Crippen MR) is 105 cm³/mol. The molecule has 2 aromatic carbocycles. The van der Waals surface area contributed by atoms with Crippen molar-refractivity contribution in [2.24, 2.45) is 0 Å². The Morgan fingerprint density at radius 1 is 1.12 bits per heavy atom. The highest BCUT2D eigenvalue weighted by molar-refractivity contribution is 6.33. The molecule has 0 aliphatic carbocycles. The molecule has 0 aliphatic rings. The van der Waals surface area contributed by atoms with Crippen LogP contribution < -0.4 is 4.90 Å². The molecule has 3 aromatic rings. The summed E-state index contributed by atoms with van der Waals surface area (Å²) in [5.41, 5.74) is 2.49. The molecule has 5 heteroatoms. The summed E-state index contributed by atoms with van der Waals surface area (Å²) >= 11 is 6.32. The van der Waals surface area contributed by atoms with Crippen LogP contribution in [-0.2, 0) is 0 Å². The zero-order valence-electron chi connectivity index (χ0n) is 14.9. The number of carbonyl (C=O) groups excluding carboxylic acids is 1. The van der Waals surface area contributed by atoms with E-state index in [1.807, 2.05) is 48.5 Å². The normalized spacial score (nSPS) is 10.7. The molecule has 134 valence electrons. The van der Waals surface area contributed by atoms with Crippen LogP contribution in [0.5, 0.6) is 0 Å². The maximum absolute atomic E-state index is 13.4. The Labute approximate surface area is 158 Å². The molecule has 0 saturated carbocycles. The SMILES string of the molecule is CCCCN(C(=O)c1c(-c2ccccc2Cl)noc1C)c1ccccc1. The molecule has 0 N–H and O–H groups in total. The van der Waals surface area contributed by atoms with E-state index in [4.69, 9.17) is 16.1 Å². The average Bonchev–Trinajstić information content (AvgIpc) is 3.04. The van der Waals surface area contributed by atoms with Crippen LogP contribution in [0.2, 0.25) is 5.02 Å². The fourth-order valence-electron chi connectivity index (χ4n) is 2.87. The van der Waals surface area contributed by atoms with E-state index in [1.165, 1.54) is 0 Å². The van der Waals surface area contributed by atoms with E-state index in [-0.39, 0.29) is 5.91 Å². The summed E-state index contributed by atoms with van der Waals surface area (Å²) < 4.78 is 5.36. The summed E-state index contributed by atoms with van der Waals surface area (Å²) in [6.07, 6.45) is 1.91. The standard InChI is InChI=1S/C21H21ClN2O2/c1-3-4-14-24(16-10-6-5-7-11-16)21(25)19-15(2)26-23-20(19)17-12-8-9-13-18(17)22/h5-13H,3-4,14H2,1-2H3. The minimum Gasteiger partial charge on any atom is -0.360 e. The van der Waals surface area contributed by atoms with Crippen molar-refractivity contribution in [3.8, 4) is 11.3 Å². The van der Waals surface area contributed by atoms with Gasteiger partial charge >= 0.3 is 0 Å². The zero-order chi connectivity index (χ0) is 18.5. The average molecular weight is 369 g/mol. The maximum atomic E-state index is 13.4. The van der Waals surface area contributed by atoms with Gasteiger partial charge in [0.2, 0.25) is 0 Å². The number of unbranched alkanes of at least 4 members (excludes halogenated alkanes) is 1. The molecule has 0 radical (unpaired) electrons. The molecule has 0 fully saturated rings. The summed E-state index contributed by atoms with van der Waals surface area (Å²) in [5.74, 6) is 0.362. The molecule has 0 aliphatic heterocycles. The fourth-order valence-corrected chi connectivity index (χ4v) is 3.09. The second kappa shape index (κ2) is 8.19. The summed E-state index contributed by atoms with van der Waals surface area (Å²) in [6.45, 7) is 4.49. The maximum Gasteiger partial charge on any atom is 0.264 e. The van der Waals surface area contributed by atoms with Crippen molar-refractivity contribution >= 4 is 23.2 Å². The highest BCUT2D eigenvalue weighted by Gasteiger charge is 2.27. The Kier molecular flexibility index (Phi) is 5.74. The molecule has 0 bridgehead atoms. The number of rotatable bonds is 6. The molecule has 1 aromatic heterocycles. The Morgan fingerprint density at radius 2 is 1.81 bits per heavy atom. The van der Waals surface area contributed by atoms with Crippen LogP contribution in [-0.4, -0.2) is 17.6 Å². The van der Waals surface area contributed by atoms with E-state index in [1.54, 1.807) is 17.9 Å². The third kappa shape index (κ3) is 3.65. The summed E-state index contributed by atoms with van der Waals surface area (Å²) in [4.78, 5) is 15.2. The monoisotopic (exact) mass is 368 g/mol. The lowest BCUT2D eigenvalue weighted by molar-refractivity contribution is 0.0985.